The van der Waals surface area contributed by atoms with Gasteiger partial charge in [0.15, 0.2) is 0 Å². The number of carbonyl (C=O) groups excluding carboxylic acids is 1. The zero-order chi connectivity index (χ0) is 22.8. The highest BCUT2D eigenvalue weighted by atomic mass is 32.2. The van der Waals surface area contributed by atoms with Crippen molar-refractivity contribution in [3.8, 4) is 0 Å². The Morgan fingerprint density at radius 3 is 2.58 bits per heavy atom. The van der Waals surface area contributed by atoms with E-state index in [4.69, 9.17) is 9.72 Å². The standard InChI is InChI=1S/C24H32N4O4S/c29-24(25-20-5-1-2-6-20)19-4-3-11-27(17-19)23-10-7-18-16-21(8-9-22(18)26-23)33(30,31)28-12-14-32-15-13-28/h7-10,16,19-20H,1-6,11-15,17H2,(H,25,29)/t19-/m0/s1. The zero-order valence-electron chi connectivity index (χ0n) is 18.9. The Bertz CT molecular complexity index is 1110. The van der Waals surface area contributed by atoms with E-state index in [1.165, 1.54) is 17.1 Å². The number of rotatable bonds is 5. The maximum absolute atomic E-state index is 13.0. The van der Waals surface area contributed by atoms with Crippen LogP contribution in [0.2, 0.25) is 0 Å². The van der Waals surface area contributed by atoms with Gasteiger partial charge in [-0.05, 0) is 56.0 Å². The maximum atomic E-state index is 13.0. The minimum Gasteiger partial charge on any atom is -0.379 e. The first-order valence-electron chi connectivity index (χ1n) is 12.0. The molecule has 5 rings (SSSR count). The fraction of sp³-hybridized carbons (Fsp3) is 0.583. The van der Waals surface area contributed by atoms with Crippen molar-refractivity contribution < 1.29 is 17.9 Å². The normalized spacial score (nSPS) is 23.2. The number of aromatic nitrogens is 1. The van der Waals surface area contributed by atoms with Crippen molar-refractivity contribution in [2.75, 3.05) is 44.3 Å². The molecule has 1 aromatic carbocycles. The second-order valence-corrected chi connectivity index (χ2v) is 11.3. The molecule has 2 saturated heterocycles. The van der Waals surface area contributed by atoms with Crippen molar-refractivity contribution in [1.29, 1.82) is 0 Å². The van der Waals surface area contributed by atoms with Gasteiger partial charge in [0.1, 0.15) is 5.82 Å². The Morgan fingerprint density at radius 2 is 1.79 bits per heavy atom. The third-order valence-electron chi connectivity index (χ3n) is 7.07. The van der Waals surface area contributed by atoms with Crippen LogP contribution in [0.15, 0.2) is 35.2 Å². The monoisotopic (exact) mass is 472 g/mol. The van der Waals surface area contributed by atoms with E-state index in [-0.39, 0.29) is 16.7 Å². The summed E-state index contributed by atoms with van der Waals surface area (Å²) in [5.74, 6) is 0.993. The van der Waals surface area contributed by atoms with Crippen molar-refractivity contribution in [1.82, 2.24) is 14.6 Å². The summed E-state index contributed by atoms with van der Waals surface area (Å²) in [7, 11) is -3.54. The maximum Gasteiger partial charge on any atom is 0.243 e. The molecule has 2 aliphatic heterocycles. The average Bonchev–Trinajstić information content (AvgIpc) is 3.37. The third-order valence-corrected chi connectivity index (χ3v) is 8.97. The zero-order valence-corrected chi connectivity index (χ0v) is 19.7. The number of piperidine rings is 1. The Hall–Kier alpha value is -2.23. The van der Waals surface area contributed by atoms with E-state index < -0.39 is 10.0 Å². The van der Waals surface area contributed by atoms with Crippen LogP contribution in [0.1, 0.15) is 38.5 Å². The lowest BCUT2D eigenvalue weighted by Gasteiger charge is -2.33. The van der Waals surface area contributed by atoms with Crippen LogP contribution in [0.4, 0.5) is 5.82 Å². The van der Waals surface area contributed by atoms with E-state index in [2.05, 4.69) is 10.2 Å². The smallest absolute Gasteiger partial charge is 0.243 e. The lowest BCUT2D eigenvalue weighted by molar-refractivity contribution is -0.125. The van der Waals surface area contributed by atoms with E-state index in [0.29, 0.717) is 38.9 Å². The van der Waals surface area contributed by atoms with Crippen molar-refractivity contribution in [3.05, 3.63) is 30.3 Å². The Balaban J connectivity index is 1.30. The molecule has 0 radical (unpaired) electrons. The molecular formula is C24H32N4O4S. The third kappa shape index (κ3) is 4.85. The molecule has 1 aromatic heterocycles. The van der Waals surface area contributed by atoms with Crippen LogP contribution >= 0.6 is 0 Å². The number of hydrogen-bond donors (Lipinski definition) is 1. The number of hydrogen-bond acceptors (Lipinski definition) is 6. The molecule has 0 bridgehead atoms. The molecule has 1 atom stereocenters. The number of fused-ring (bicyclic) bond motifs is 1. The molecule has 1 aliphatic carbocycles. The first kappa shape index (κ1) is 22.6. The largest absolute Gasteiger partial charge is 0.379 e. The second-order valence-electron chi connectivity index (χ2n) is 9.32. The highest BCUT2D eigenvalue weighted by Gasteiger charge is 2.29. The molecule has 178 valence electrons. The lowest BCUT2D eigenvalue weighted by atomic mass is 9.96. The van der Waals surface area contributed by atoms with Crippen LogP contribution in [-0.4, -0.2) is 69.0 Å². The predicted molar refractivity (Wildman–Crippen MR) is 127 cm³/mol. The molecular weight excluding hydrogens is 440 g/mol. The minimum absolute atomic E-state index is 0.0158. The number of nitrogens with zero attached hydrogens (tertiary/aromatic N) is 3. The number of carbonyl (C=O) groups is 1. The van der Waals surface area contributed by atoms with Gasteiger partial charge in [-0.25, -0.2) is 13.4 Å². The van der Waals surface area contributed by atoms with Gasteiger partial charge in [0.05, 0.1) is 29.5 Å². The molecule has 1 saturated carbocycles. The molecule has 1 amide bonds. The van der Waals surface area contributed by atoms with Crippen molar-refractivity contribution >= 4 is 32.7 Å². The molecule has 9 heteroatoms. The minimum atomic E-state index is -3.54. The quantitative estimate of drug-likeness (QED) is 0.719. The van der Waals surface area contributed by atoms with E-state index in [9.17, 15) is 13.2 Å². The van der Waals surface area contributed by atoms with Crippen LogP contribution in [-0.2, 0) is 19.6 Å². The summed E-state index contributed by atoms with van der Waals surface area (Å²) < 4.78 is 32.7. The molecule has 8 nitrogen and oxygen atoms in total. The molecule has 0 unspecified atom stereocenters. The summed E-state index contributed by atoms with van der Waals surface area (Å²) >= 11 is 0. The van der Waals surface area contributed by atoms with E-state index in [1.54, 1.807) is 18.2 Å². The number of anilines is 1. The van der Waals surface area contributed by atoms with Gasteiger partial charge >= 0.3 is 0 Å². The topological polar surface area (TPSA) is 91.8 Å². The summed E-state index contributed by atoms with van der Waals surface area (Å²) in [6, 6.07) is 9.32. The Kier molecular flexibility index (Phi) is 6.53. The number of pyridine rings is 1. The highest BCUT2D eigenvalue weighted by molar-refractivity contribution is 7.89. The van der Waals surface area contributed by atoms with E-state index in [0.717, 1.165) is 48.9 Å². The fourth-order valence-electron chi connectivity index (χ4n) is 5.15. The Morgan fingerprint density at radius 1 is 1.00 bits per heavy atom. The number of amides is 1. The van der Waals surface area contributed by atoms with Gasteiger partial charge in [0, 0.05) is 37.6 Å². The molecule has 2 aromatic rings. The molecule has 3 fully saturated rings. The van der Waals surface area contributed by atoms with Gasteiger partial charge in [-0.3, -0.25) is 4.79 Å². The van der Waals surface area contributed by atoms with Crippen molar-refractivity contribution in [2.24, 2.45) is 5.92 Å². The van der Waals surface area contributed by atoms with Crippen LogP contribution in [0.25, 0.3) is 10.9 Å². The molecule has 0 spiro atoms. The van der Waals surface area contributed by atoms with Gasteiger partial charge in [-0.15, -0.1) is 0 Å². The van der Waals surface area contributed by atoms with Gasteiger partial charge < -0.3 is 15.0 Å². The van der Waals surface area contributed by atoms with Gasteiger partial charge in [0.2, 0.25) is 15.9 Å². The summed E-state index contributed by atoms with van der Waals surface area (Å²) in [4.78, 5) is 20.0. The van der Waals surface area contributed by atoms with E-state index in [1.807, 2.05) is 12.1 Å². The van der Waals surface area contributed by atoms with Crippen LogP contribution in [0, 0.1) is 5.92 Å². The number of ether oxygens (including phenoxy) is 1. The SMILES string of the molecule is O=C(NC1CCCC1)[C@H]1CCCN(c2ccc3cc(S(=O)(=O)N4CCOCC4)ccc3n2)C1. The summed E-state index contributed by atoms with van der Waals surface area (Å²) in [6.07, 6.45) is 6.47. The molecule has 3 aliphatic rings. The summed E-state index contributed by atoms with van der Waals surface area (Å²) in [5, 5.41) is 4.04. The Labute approximate surface area is 195 Å². The number of nitrogens with one attached hydrogen (secondary N) is 1. The van der Waals surface area contributed by atoms with Crippen LogP contribution in [0.3, 0.4) is 0 Å². The first-order chi connectivity index (χ1) is 16.0. The average molecular weight is 473 g/mol. The van der Waals surface area contributed by atoms with Crippen LogP contribution in [0.5, 0.6) is 0 Å². The van der Waals surface area contributed by atoms with E-state index >= 15 is 0 Å². The van der Waals surface area contributed by atoms with Crippen LogP contribution < -0.4 is 10.2 Å². The predicted octanol–water partition coefficient (Wildman–Crippen LogP) is 2.53. The number of sulfonamides is 1. The van der Waals surface area contributed by atoms with Crippen molar-refractivity contribution in [2.45, 2.75) is 49.5 Å². The molecule has 3 heterocycles. The first-order valence-corrected chi connectivity index (χ1v) is 13.5. The number of morpholine rings is 1. The lowest BCUT2D eigenvalue weighted by Crippen LogP contribution is -2.45. The summed E-state index contributed by atoms with van der Waals surface area (Å²) in [5.41, 5.74) is 0.756. The molecule has 1 N–H and O–H groups in total. The molecule has 33 heavy (non-hydrogen) atoms. The van der Waals surface area contributed by atoms with Gasteiger partial charge in [0.25, 0.3) is 0 Å². The highest BCUT2D eigenvalue weighted by Crippen LogP contribution is 2.27. The second kappa shape index (κ2) is 9.56. The van der Waals surface area contributed by atoms with Gasteiger partial charge in [-0.2, -0.15) is 4.31 Å². The number of benzene rings is 1. The summed E-state index contributed by atoms with van der Waals surface area (Å²) in [6.45, 7) is 3.14. The fourth-order valence-corrected chi connectivity index (χ4v) is 6.60. The van der Waals surface area contributed by atoms with Gasteiger partial charge in [-0.1, -0.05) is 12.8 Å². The van der Waals surface area contributed by atoms with Crippen molar-refractivity contribution in [3.63, 3.8) is 0 Å².